The number of carbonyl (C=O) groups excluding carboxylic acids is 4. The highest BCUT2D eigenvalue weighted by molar-refractivity contribution is 6.25. The normalized spacial score (nSPS) is 18.6. The third-order valence-electron chi connectivity index (χ3n) is 3.83. The molecule has 2 amide bonds. The Balaban J connectivity index is 2.68. The van der Waals surface area contributed by atoms with Gasteiger partial charge in [0.1, 0.15) is 5.60 Å². The monoisotopic (exact) mass is 375 g/mol. The molecule has 1 heterocycles. The van der Waals surface area contributed by atoms with E-state index in [0.717, 1.165) is 12.0 Å². The van der Waals surface area contributed by atoms with Gasteiger partial charge in [-0.2, -0.15) is 0 Å². The zero-order chi connectivity index (χ0) is 20.6. The second kappa shape index (κ2) is 6.86. The minimum absolute atomic E-state index is 0.117. The molecule has 0 fully saturated rings. The molecule has 1 aliphatic rings. The van der Waals surface area contributed by atoms with Gasteiger partial charge in [-0.1, -0.05) is 24.8 Å². The fourth-order valence-electron chi connectivity index (χ4n) is 2.78. The molecule has 0 bridgehead atoms. The first-order valence-electron chi connectivity index (χ1n) is 8.10. The zero-order valence-corrected chi connectivity index (χ0v) is 15.8. The molecule has 1 aromatic rings. The van der Waals surface area contributed by atoms with Crippen LogP contribution in [0.4, 0.5) is 10.5 Å². The van der Waals surface area contributed by atoms with E-state index < -0.39 is 40.7 Å². The zero-order valence-electron chi connectivity index (χ0n) is 15.8. The van der Waals surface area contributed by atoms with Crippen LogP contribution < -0.4 is 4.90 Å². The highest BCUT2D eigenvalue weighted by Gasteiger charge is 2.60. The molecule has 0 N–H and O–H groups in total. The predicted octanol–water partition coefficient (Wildman–Crippen LogP) is 2.46. The number of imide groups is 1. The van der Waals surface area contributed by atoms with Gasteiger partial charge in [0.15, 0.2) is 0 Å². The lowest BCUT2D eigenvalue weighted by Crippen LogP contribution is -2.48. The van der Waals surface area contributed by atoms with Gasteiger partial charge in [0.25, 0.3) is 11.5 Å². The number of hydrogen-bond donors (Lipinski definition) is 0. The summed E-state index contributed by atoms with van der Waals surface area (Å²) in [5.41, 5.74) is -3.32. The molecule has 1 atom stereocenters. The number of methoxy groups -OCH3 is 1. The molecule has 0 saturated heterocycles. The third-order valence-corrected chi connectivity index (χ3v) is 3.83. The summed E-state index contributed by atoms with van der Waals surface area (Å²) in [6.07, 6.45) is -1.19. The number of anilines is 1. The van der Waals surface area contributed by atoms with E-state index in [0.29, 0.717) is 0 Å². The van der Waals surface area contributed by atoms with E-state index >= 15 is 0 Å². The van der Waals surface area contributed by atoms with E-state index in [-0.39, 0.29) is 11.3 Å². The third kappa shape index (κ3) is 3.42. The van der Waals surface area contributed by atoms with Gasteiger partial charge in [0.05, 0.1) is 18.4 Å². The van der Waals surface area contributed by atoms with Gasteiger partial charge in [0.2, 0.25) is 5.91 Å². The number of carbonyl (C=O) groups is 4. The average molecular weight is 375 g/mol. The molecule has 1 unspecified atom stereocenters. The molecule has 27 heavy (non-hydrogen) atoms. The van der Waals surface area contributed by atoms with Gasteiger partial charge in [-0.3, -0.25) is 9.59 Å². The van der Waals surface area contributed by atoms with Crippen LogP contribution in [0.1, 0.15) is 33.3 Å². The molecular formula is C19H21NO7. The van der Waals surface area contributed by atoms with Crippen molar-refractivity contribution in [2.75, 3.05) is 12.0 Å². The summed E-state index contributed by atoms with van der Waals surface area (Å²) in [7, 11) is 1.10. The van der Waals surface area contributed by atoms with Gasteiger partial charge in [-0.15, -0.1) is 0 Å². The van der Waals surface area contributed by atoms with Gasteiger partial charge < -0.3 is 14.2 Å². The highest BCUT2D eigenvalue weighted by atomic mass is 16.7. The van der Waals surface area contributed by atoms with Crippen LogP contribution in [-0.2, 0) is 34.2 Å². The SMILES string of the molecule is C=C(C(=O)OC)C1(OC(=O)OC(C)(C)C)C(=O)N(C(C)=O)c2ccccc21. The van der Waals surface area contributed by atoms with Crippen molar-refractivity contribution in [3.63, 3.8) is 0 Å². The van der Waals surface area contributed by atoms with Crippen LogP contribution in [0.3, 0.4) is 0 Å². The van der Waals surface area contributed by atoms with Crippen molar-refractivity contribution in [3.05, 3.63) is 42.0 Å². The van der Waals surface area contributed by atoms with E-state index in [9.17, 15) is 19.2 Å². The van der Waals surface area contributed by atoms with E-state index in [1.54, 1.807) is 32.9 Å². The molecule has 0 aliphatic carbocycles. The second-order valence-corrected chi connectivity index (χ2v) is 6.89. The van der Waals surface area contributed by atoms with Crippen LogP contribution in [0.25, 0.3) is 0 Å². The Hall–Kier alpha value is -3.16. The summed E-state index contributed by atoms with van der Waals surface area (Å²) in [6.45, 7) is 9.63. The topological polar surface area (TPSA) is 99.2 Å². The van der Waals surface area contributed by atoms with Crippen molar-refractivity contribution >= 4 is 29.6 Å². The van der Waals surface area contributed by atoms with Crippen LogP contribution in [0.5, 0.6) is 0 Å². The summed E-state index contributed by atoms with van der Waals surface area (Å²) in [6, 6.07) is 6.15. The Morgan fingerprint density at radius 2 is 1.74 bits per heavy atom. The van der Waals surface area contributed by atoms with Crippen LogP contribution in [0, 0.1) is 0 Å². The molecular weight excluding hydrogens is 354 g/mol. The minimum Gasteiger partial charge on any atom is -0.466 e. The number of esters is 1. The Bertz CT molecular complexity index is 837. The number of para-hydroxylation sites is 1. The lowest BCUT2D eigenvalue weighted by Gasteiger charge is -2.30. The number of benzene rings is 1. The number of ether oxygens (including phenoxy) is 3. The highest BCUT2D eigenvalue weighted by Crippen LogP contribution is 2.47. The first-order valence-corrected chi connectivity index (χ1v) is 8.10. The predicted molar refractivity (Wildman–Crippen MR) is 94.8 cm³/mol. The molecule has 0 spiro atoms. The molecule has 0 radical (unpaired) electrons. The van der Waals surface area contributed by atoms with Crippen molar-refractivity contribution in [2.45, 2.75) is 38.9 Å². The molecule has 1 aliphatic heterocycles. The van der Waals surface area contributed by atoms with Crippen molar-refractivity contribution < 1.29 is 33.4 Å². The summed E-state index contributed by atoms with van der Waals surface area (Å²) in [5, 5.41) is 0. The van der Waals surface area contributed by atoms with Gasteiger partial charge >= 0.3 is 12.1 Å². The maximum atomic E-state index is 13.2. The summed E-state index contributed by atoms with van der Waals surface area (Å²) < 4.78 is 15.2. The minimum atomic E-state index is -2.27. The maximum Gasteiger partial charge on any atom is 0.510 e. The quantitative estimate of drug-likeness (QED) is 0.591. The van der Waals surface area contributed by atoms with Crippen LogP contribution >= 0.6 is 0 Å². The van der Waals surface area contributed by atoms with Crippen molar-refractivity contribution in [3.8, 4) is 0 Å². The van der Waals surface area contributed by atoms with Crippen molar-refractivity contribution in [1.82, 2.24) is 0 Å². The number of nitrogens with zero attached hydrogens (tertiary/aromatic N) is 1. The number of amides is 2. The molecule has 1 aromatic carbocycles. The number of hydrogen-bond acceptors (Lipinski definition) is 7. The fraction of sp³-hybridized carbons (Fsp3) is 0.368. The van der Waals surface area contributed by atoms with Gasteiger partial charge in [-0.25, -0.2) is 14.5 Å². The lowest BCUT2D eigenvalue weighted by molar-refractivity contribution is -0.148. The Kier molecular flexibility index (Phi) is 5.12. The van der Waals surface area contributed by atoms with Gasteiger partial charge in [-0.05, 0) is 26.8 Å². The smallest absolute Gasteiger partial charge is 0.466 e. The largest absolute Gasteiger partial charge is 0.510 e. The molecule has 0 saturated carbocycles. The molecule has 144 valence electrons. The van der Waals surface area contributed by atoms with Gasteiger partial charge in [0, 0.05) is 12.5 Å². The van der Waals surface area contributed by atoms with Crippen molar-refractivity contribution in [1.29, 1.82) is 0 Å². The molecule has 0 aromatic heterocycles. The van der Waals surface area contributed by atoms with E-state index in [1.165, 1.54) is 19.1 Å². The van der Waals surface area contributed by atoms with Crippen LogP contribution in [0.15, 0.2) is 36.4 Å². The van der Waals surface area contributed by atoms with Crippen LogP contribution in [-0.4, -0.2) is 36.6 Å². The second-order valence-electron chi connectivity index (χ2n) is 6.89. The van der Waals surface area contributed by atoms with E-state index in [2.05, 4.69) is 11.3 Å². The summed E-state index contributed by atoms with van der Waals surface area (Å²) in [4.78, 5) is 50.7. The van der Waals surface area contributed by atoms with Crippen molar-refractivity contribution in [2.24, 2.45) is 0 Å². The Morgan fingerprint density at radius 1 is 1.15 bits per heavy atom. The first-order chi connectivity index (χ1) is 12.5. The lowest BCUT2D eigenvalue weighted by atomic mass is 9.87. The Labute approximate surface area is 156 Å². The molecule has 8 nitrogen and oxygen atoms in total. The maximum absolute atomic E-state index is 13.2. The summed E-state index contributed by atoms with van der Waals surface area (Å²) in [5.74, 6) is -2.52. The van der Waals surface area contributed by atoms with E-state index in [4.69, 9.17) is 9.47 Å². The standard InChI is InChI=1S/C19H21NO7/c1-11(15(22)25-6)19(27-17(24)26-18(3,4)5)13-9-7-8-10-14(13)20(12(2)21)16(19)23/h7-10H,1H2,2-6H3. The fourth-order valence-corrected chi connectivity index (χ4v) is 2.78. The molecule has 2 rings (SSSR count). The van der Waals surface area contributed by atoms with E-state index in [1.807, 2.05) is 0 Å². The first kappa shape index (κ1) is 20.2. The summed E-state index contributed by atoms with van der Waals surface area (Å²) >= 11 is 0. The average Bonchev–Trinajstić information content (AvgIpc) is 2.81. The van der Waals surface area contributed by atoms with Crippen LogP contribution in [0.2, 0.25) is 0 Å². The number of rotatable bonds is 3. The molecule has 8 heteroatoms. The number of fused-ring (bicyclic) bond motifs is 1. The Morgan fingerprint density at radius 3 is 2.26 bits per heavy atom.